The number of carbonyl (C=O) groups is 1. The third-order valence-electron chi connectivity index (χ3n) is 1.09. The summed E-state index contributed by atoms with van der Waals surface area (Å²) in [5, 5.41) is 10.9. The second-order valence-corrected chi connectivity index (χ2v) is 1.85. The Labute approximate surface area is 57.2 Å². The highest BCUT2D eigenvalue weighted by atomic mass is 16.4. The van der Waals surface area contributed by atoms with E-state index in [1.807, 2.05) is 0 Å². The van der Waals surface area contributed by atoms with Gasteiger partial charge in [0.1, 0.15) is 0 Å². The van der Waals surface area contributed by atoms with E-state index >= 15 is 0 Å². The molecule has 54 valence electrons. The van der Waals surface area contributed by atoms with Gasteiger partial charge in [-0.05, 0) is 6.08 Å². The number of aliphatic imine (C=N–C) groups is 1. The topological polar surface area (TPSA) is 87.7 Å². The summed E-state index contributed by atoms with van der Waals surface area (Å²) >= 11 is 0. The lowest BCUT2D eigenvalue weighted by molar-refractivity contribution is -0.143. The first-order chi connectivity index (χ1) is 4.65. The number of carboxylic acid groups (broad SMARTS) is 1. The molecule has 10 heavy (non-hydrogen) atoms. The van der Waals surface area contributed by atoms with Crippen LogP contribution in [0.15, 0.2) is 17.3 Å². The summed E-state index contributed by atoms with van der Waals surface area (Å²) in [4.78, 5) is 13.9. The number of nitrogens with two attached hydrogens (primary N) is 1. The molecule has 0 amide bonds. The highest BCUT2D eigenvalue weighted by Crippen LogP contribution is 2.00. The fourth-order valence-corrected chi connectivity index (χ4v) is 0.533. The fourth-order valence-electron chi connectivity index (χ4n) is 0.533. The Morgan fingerprint density at radius 2 is 2.50 bits per heavy atom. The Morgan fingerprint density at radius 1 is 1.80 bits per heavy atom. The molecule has 0 bridgehead atoms. The van der Waals surface area contributed by atoms with Crippen molar-refractivity contribution >= 4 is 12.2 Å². The molecule has 0 saturated carbocycles. The number of aliphatic carboxylic acids is 1. The van der Waals surface area contributed by atoms with Crippen LogP contribution in [0.4, 0.5) is 0 Å². The Balaban J connectivity index is 2.80. The van der Waals surface area contributed by atoms with E-state index in [-0.39, 0.29) is 0 Å². The second-order valence-electron chi connectivity index (χ2n) is 1.85. The minimum Gasteiger partial charge on any atom is -0.477 e. The predicted molar refractivity (Wildman–Crippen MR) is 35.3 cm³/mol. The summed E-state index contributed by atoms with van der Waals surface area (Å²) in [5.41, 5.74) is 5.24. The van der Waals surface area contributed by atoms with Crippen LogP contribution in [-0.4, -0.2) is 23.1 Å². The van der Waals surface area contributed by atoms with Crippen LogP contribution in [0.5, 0.6) is 0 Å². The summed E-state index contributed by atoms with van der Waals surface area (Å²) in [7, 11) is 0. The van der Waals surface area contributed by atoms with Crippen molar-refractivity contribution in [1.29, 1.82) is 0 Å². The molecule has 0 saturated heterocycles. The standard InChI is InChI=1S/C5H7N3O2/c6-5(4(9)10)7-2-1-3-8-5/h1-3,7H,6H2,(H,9,10). The van der Waals surface area contributed by atoms with Crippen molar-refractivity contribution in [3.63, 3.8) is 0 Å². The lowest BCUT2D eigenvalue weighted by Gasteiger charge is -2.21. The molecule has 1 aliphatic rings. The minimum atomic E-state index is -1.67. The summed E-state index contributed by atoms with van der Waals surface area (Å²) < 4.78 is 0. The van der Waals surface area contributed by atoms with E-state index in [0.717, 1.165) is 0 Å². The molecule has 0 fully saturated rings. The van der Waals surface area contributed by atoms with Gasteiger partial charge in [-0.3, -0.25) is 5.73 Å². The first-order valence-corrected chi connectivity index (χ1v) is 2.65. The van der Waals surface area contributed by atoms with Crippen LogP contribution >= 0.6 is 0 Å². The number of nitrogens with zero attached hydrogens (tertiary/aromatic N) is 1. The number of hydrogen-bond donors (Lipinski definition) is 3. The molecule has 5 heteroatoms. The zero-order valence-corrected chi connectivity index (χ0v) is 5.11. The van der Waals surface area contributed by atoms with Gasteiger partial charge in [0, 0.05) is 12.4 Å². The molecule has 0 radical (unpaired) electrons. The fraction of sp³-hybridized carbons (Fsp3) is 0.200. The van der Waals surface area contributed by atoms with Crippen LogP contribution < -0.4 is 11.1 Å². The van der Waals surface area contributed by atoms with Crippen molar-refractivity contribution in [2.75, 3.05) is 0 Å². The molecule has 1 heterocycles. The van der Waals surface area contributed by atoms with E-state index in [0.29, 0.717) is 0 Å². The van der Waals surface area contributed by atoms with Gasteiger partial charge in [0.25, 0.3) is 5.79 Å². The average molecular weight is 141 g/mol. The smallest absolute Gasteiger partial charge is 0.368 e. The SMILES string of the molecule is NC1(C(=O)O)N=CC=CN1. The third kappa shape index (κ3) is 0.985. The van der Waals surface area contributed by atoms with Gasteiger partial charge in [0.05, 0.1) is 0 Å². The highest BCUT2D eigenvalue weighted by Gasteiger charge is 2.32. The van der Waals surface area contributed by atoms with E-state index in [1.165, 1.54) is 12.4 Å². The Bertz CT molecular complexity index is 211. The summed E-state index contributed by atoms with van der Waals surface area (Å²) in [6.45, 7) is 0. The largest absolute Gasteiger partial charge is 0.477 e. The molecule has 0 aromatic heterocycles. The van der Waals surface area contributed by atoms with Crippen molar-refractivity contribution in [2.24, 2.45) is 10.7 Å². The molecule has 4 N–H and O–H groups in total. The van der Waals surface area contributed by atoms with Crippen molar-refractivity contribution in [3.05, 3.63) is 12.3 Å². The molecule has 0 aliphatic carbocycles. The molecular formula is C5H7N3O2. The molecular weight excluding hydrogens is 134 g/mol. The van der Waals surface area contributed by atoms with Crippen molar-refractivity contribution in [3.8, 4) is 0 Å². The van der Waals surface area contributed by atoms with E-state index in [4.69, 9.17) is 10.8 Å². The van der Waals surface area contributed by atoms with Gasteiger partial charge >= 0.3 is 5.97 Å². The van der Waals surface area contributed by atoms with Crippen LogP contribution in [0.1, 0.15) is 0 Å². The molecule has 1 atom stereocenters. The minimum absolute atomic E-state index is 1.20. The maximum atomic E-state index is 10.3. The van der Waals surface area contributed by atoms with Crippen molar-refractivity contribution < 1.29 is 9.90 Å². The van der Waals surface area contributed by atoms with E-state index in [1.54, 1.807) is 6.08 Å². The van der Waals surface area contributed by atoms with Gasteiger partial charge < -0.3 is 10.4 Å². The van der Waals surface area contributed by atoms with Crippen molar-refractivity contribution in [2.45, 2.75) is 5.79 Å². The maximum Gasteiger partial charge on any atom is 0.368 e. The Morgan fingerprint density at radius 3 is 2.80 bits per heavy atom. The Kier molecular flexibility index (Phi) is 1.42. The van der Waals surface area contributed by atoms with E-state index < -0.39 is 11.8 Å². The van der Waals surface area contributed by atoms with Crippen LogP contribution in [0.3, 0.4) is 0 Å². The second kappa shape index (κ2) is 2.11. The van der Waals surface area contributed by atoms with E-state index in [9.17, 15) is 4.79 Å². The lowest BCUT2D eigenvalue weighted by atomic mass is 10.3. The maximum absolute atomic E-state index is 10.3. The number of allylic oxidation sites excluding steroid dienone is 1. The van der Waals surface area contributed by atoms with Crippen LogP contribution in [0, 0.1) is 0 Å². The quantitative estimate of drug-likeness (QED) is 0.431. The average Bonchev–Trinajstić information content (AvgIpc) is 1.89. The predicted octanol–water partition coefficient (Wildman–Crippen LogP) is -1.13. The van der Waals surface area contributed by atoms with Crippen LogP contribution in [0.2, 0.25) is 0 Å². The molecule has 0 spiro atoms. The number of nitrogens with one attached hydrogen (secondary N) is 1. The molecule has 1 unspecified atom stereocenters. The van der Waals surface area contributed by atoms with Gasteiger partial charge in [0.2, 0.25) is 0 Å². The Hall–Kier alpha value is -1.36. The zero-order chi connectivity index (χ0) is 7.61. The van der Waals surface area contributed by atoms with Gasteiger partial charge in [0.15, 0.2) is 0 Å². The molecule has 1 rings (SSSR count). The number of carboxylic acids is 1. The monoisotopic (exact) mass is 141 g/mol. The summed E-state index contributed by atoms with van der Waals surface area (Å²) in [5.74, 6) is -2.87. The van der Waals surface area contributed by atoms with Crippen LogP contribution in [-0.2, 0) is 4.79 Å². The molecule has 0 aromatic carbocycles. The molecule has 5 nitrogen and oxygen atoms in total. The van der Waals surface area contributed by atoms with Gasteiger partial charge in [-0.1, -0.05) is 0 Å². The van der Waals surface area contributed by atoms with Gasteiger partial charge in [-0.2, -0.15) is 0 Å². The first kappa shape index (κ1) is 6.76. The van der Waals surface area contributed by atoms with Gasteiger partial charge in [-0.25, -0.2) is 9.79 Å². The van der Waals surface area contributed by atoms with Crippen molar-refractivity contribution in [1.82, 2.24) is 5.32 Å². The summed E-state index contributed by atoms with van der Waals surface area (Å²) in [6.07, 6.45) is 4.33. The number of hydrogen-bond acceptors (Lipinski definition) is 4. The first-order valence-electron chi connectivity index (χ1n) is 2.65. The third-order valence-corrected chi connectivity index (χ3v) is 1.09. The number of rotatable bonds is 1. The zero-order valence-electron chi connectivity index (χ0n) is 5.11. The normalized spacial score (nSPS) is 29.7. The van der Waals surface area contributed by atoms with Crippen LogP contribution in [0.25, 0.3) is 0 Å². The molecule has 0 aromatic rings. The highest BCUT2D eigenvalue weighted by molar-refractivity contribution is 5.83. The lowest BCUT2D eigenvalue weighted by Crippen LogP contribution is -2.57. The van der Waals surface area contributed by atoms with Gasteiger partial charge in [-0.15, -0.1) is 0 Å². The summed E-state index contributed by atoms with van der Waals surface area (Å²) in [6, 6.07) is 0. The molecule has 1 aliphatic heterocycles. The van der Waals surface area contributed by atoms with E-state index in [2.05, 4.69) is 10.3 Å².